The maximum atomic E-state index is 13.0. The number of benzene rings is 2. The number of sulfone groups is 1. The lowest BCUT2D eigenvalue weighted by Crippen LogP contribution is -2.23. The van der Waals surface area contributed by atoms with E-state index in [0.29, 0.717) is 10.2 Å². The molecular weight excluding hydrogens is 477 g/mol. The molecule has 13 heteroatoms. The molecule has 33 heavy (non-hydrogen) atoms. The van der Waals surface area contributed by atoms with Crippen molar-refractivity contribution in [2.75, 3.05) is 12.4 Å². The first kappa shape index (κ1) is 24.2. The van der Waals surface area contributed by atoms with Crippen molar-refractivity contribution in [1.29, 1.82) is 0 Å². The Morgan fingerprint density at radius 1 is 1.21 bits per heavy atom. The van der Waals surface area contributed by atoms with Crippen molar-refractivity contribution in [3.8, 4) is 0 Å². The van der Waals surface area contributed by atoms with Crippen molar-refractivity contribution in [3.63, 3.8) is 0 Å². The third kappa shape index (κ3) is 5.87. The predicted octanol–water partition coefficient (Wildman–Crippen LogP) is 2.60. The van der Waals surface area contributed by atoms with Crippen LogP contribution in [0.2, 0.25) is 0 Å². The van der Waals surface area contributed by atoms with Gasteiger partial charge in [-0.25, -0.2) is 12.8 Å². The Balaban J connectivity index is 1.92. The lowest BCUT2D eigenvalue weighted by molar-refractivity contribution is -0.384. The molecule has 0 unspecified atom stereocenters. The lowest BCUT2D eigenvalue weighted by Gasteiger charge is -2.05. The maximum Gasteiger partial charge on any atom is 0.326 e. The number of esters is 1. The van der Waals surface area contributed by atoms with Crippen LogP contribution in [0.15, 0.2) is 52.4 Å². The van der Waals surface area contributed by atoms with Gasteiger partial charge in [0.05, 0.1) is 32.4 Å². The second-order valence-electron chi connectivity index (χ2n) is 6.71. The third-order valence-corrected chi connectivity index (χ3v) is 7.24. The molecule has 0 saturated heterocycles. The largest absolute Gasteiger partial charge is 0.465 e. The molecule has 1 aromatic heterocycles. The summed E-state index contributed by atoms with van der Waals surface area (Å²) < 4.78 is 44.6. The van der Waals surface area contributed by atoms with Crippen LogP contribution in [0.3, 0.4) is 0 Å². The zero-order chi connectivity index (χ0) is 24.2. The normalized spacial score (nSPS) is 12.1. The molecule has 3 rings (SSSR count). The van der Waals surface area contributed by atoms with E-state index in [1.165, 1.54) is 22.8 Å². The third-order valence-electron chi connectivity index (χ3n) is 4.45. The van der Waals surface area contributed by atoms with E-state index in [-0.39, 0.29) is 28.5 Å². The van der Waals surface area contributed by atoms with Crippen LogP contribution in [0.25, 0.3) is 10.2 Å². The lowest BCUT2D eigenvalue weighted by atomic mass is 10.3. The Morgan fingerprint density at radius 2 is 1.91 bits per heavy atom. The van der Waals surface area contributed by atoms with Crippen LogP contribution in [0.1, 0.15) is 13.3 Å². The van der Waals surface area contributed by atoms with Crippen LogP contribution in [0.4, 0.5) is 10.1 Å². The average Bonchev–Trinajstić information content (AvgIpc) is 3.09. The summed E-state index contributed by atoms with van der Waals surface area (Å²) in [6, 6.07) is 8.25. The number of carbonyl (C=O) groups excluding carboxylic acids is 2. The van der Waals surface area contributed by atoms with Gasteiger partial charge in [-0.2, -0.15) is 4.99 Å². The SMILES string of the molecule is CCOC(=O)Cn1c(=NC(=O)CCS(=O)(=O)c2ccc(F)cc2)sc2ccc([N+](=O)[O-])cc21. The number of aromatic nitrogens is 1. The van der Waals surface area contributed by atoms with Gasteiger partial charge in [0.1, 0.15) is 12.4 Å². The zero-order valence-corrected chi connectivity index (χ0v) is 18.9. The summed E-state index contributed by atoms with van der Waals surface area (Å²) in [6.07, 6.45) is -0.451. The molecule has 10 nitrogen and oxygen atoms in total. The second-order valence-corrected chi connectivity index (χ2v) is 9.83. The Labute approximate surface area is 191 Å². The summed E-state index contributed by atoms with van der Waals surface area (Å²) in [7, 11) is -3.84. The molecule has 0 saturated carbocycles. The van der Waals surface area contributed by atoms with E-state index in [4.69, 9.17) is 4.74 Å². The number of nitro groups is 1. The fourth-order valence-corrected chi connectivity index (χ4v) is 5.15. The number of halogens is 1. The summed E-state index contributed by atoms with van der Waals surface area (Å²) in [6.45, 7) is 1.40. The summed E-state index contributed by atoms with van der Waals surface area (Å²) >= 11 is 1.02. The molecule has 3 aromatic rings. The first-order chi connectivity index (χ1) is 15.6. The summed E-state index contributed by atoms with van der Waals surface area (Å²) in [5.41, 5.74) is 0.105. The van der Waals surface area contributed by atoms with E-state index in [2.05, 4.69) is 4.99 Å². The number of non-ortho nitro benzene ring substituents is 1. The van der Waals surface area contributed by atoms with Gasteiger partial charge in [-0.1, -0.05) is 11.3 Å². The van der Waals surface area contributed by atoms with Gasteiger partial charge < -0.3 is 9.30 Å². The smallest absolute Gasteiger partial charge is 0.326 e. The molecule has 0 aliphatic carbocycles. The molecule has 1 heterocycles. The Kier molecular flexibility index (Phi) is 7.33. The fourth-order valence-electron chi connectivity index (χ4n) is 2.89. The van der Waals surface area contributed by atoms with Crippen LogP contribution in [-0.2, 0) is 30.7 Å². The Bertz CT molecular complexity index is 1390. The standard InChI is InChI=1S/C20H18FN3O7S2/c1-2-31-19(26)12-23-16-11-14(24(27)28)5-8-17(16)32-20(23)22-18(25)9-10-33(29,30)15-6-3-13(21)4-7-15/h3-8,11H,2,9-10,12H2,1H3. The number of rotatable bonds is 8. The van der Waals surface area contributed by atoms with Crippen LogP contribution in [0.5, 0.6) is 0 Å². The number of hydrogen-bond donors (Lipinski definition) is 0. The molecule has 0 N–H and O–H groups in total. The maximum absolute atomic E-state index is 13.0. The number of ether oxygens (including phenoxy) is 1. The van der Waals surface area contributed by atoms with Crippen molar-refractivity contribution in [3.05, 3.63) is 63.2 Å². The minimum absolute atomic E-state index is 0.0720. The highest BCUT2D eigenvalue weighted by molar-refractivity contribution is 7.91. The van der Waals surface area contributed by atoms with Crippen molar-refractivity contribution in [2.24, 2.45) is 4.99 Å². The minimum atomic E-state index is -3.84. The number of amides is 1. The van der Waals surface area contributed by atoms with E-state index in [1.54, 1.807) is 6.92 Å². The number of nitrogens with zero attached hydrogens (tertiary/aromatic N) is 3. The topological polar surface area (TPSA) is 138 Å². The van der Waals surface area contributed by atoms with Gasteiger partial charge in [0.25, 0.3) is 5.69 Å². The van der Waals surface area contributed by atoms with E-state index >= 15 is 0 Å². The van der Waals surface area contributed by atoms with E-state index < -0.39 is 44.6 Å². The quantitative estimate of drug-likeness (QED) is 0.203. The summed E-state index contributed by atoms with van der Waals surface area (Å²) in [4.78, 5) is 38.9. The van der Waals surface area contributed by atoms with Crippen molar-refractivity contribution in [2.45, 2.75) is 24.8 Å². The molecule has 0 atom stereocenters. The molecule has 0 radical (unpaired) electrons. The van der Waals surface area contributed by atoms with Crippen LogP contribution in [0, 0.1) is 15.9 Å². The number of fused-ring (bicyclic) bond motifs is 1. The number of carbonyl (C=O) groups is 2. The van der Waals surface area contributed by atoms with Gasteiger partial charge in [-0.15, -0.1) is 0 Å². The first-order valence-corrected chi connectivity index (χ1v) is 12.1. The van der Waals surface area contributed by atoms with E-state index in [0.717, 1.165) is 35.6 Å². The van der Waals surface area contributed by atoms with Crippen molar-refractivity contribution >= 4 is 49.0 Å². The first-order valence-electron chi connectivity index (χ1n) is 9.60. The molecule has 0 fully saturated rings. The van der Waals surface area contributed by atoms with E-state index in [9.17, 15) is 32.5 Å². The molecule has 0 aliphatic rings. The molecule has 0 bridgehead atoms. The van der Waals surface area contributed by atoms with Crippen molar-refractivity contribution < 1.29 is 32.1 Å². The van der Waals surface area contributed by atoms with Crippen LogP contribution < -0.4 is 4.80 Å². The highest BCUT2D eigenvalue weighted by Gasteiger charge is 2.18. The van der Waals surface area contributed by atoms with Gasteiger partial charge in [-0.3, -0.25) is 19.7 Å². The number of hydrogen-bond acceptors (Lipinski definition) is 8. The van der Waals surface area contributed by atoms with Gasteiger partial charge >= 0.3 is 5.97 Å². The minimum Gasteiger partial charge on any atom is -0.465 e. The molecule has 1 amide bonds. The van der Waals surface area contributed by atoms with Crippen LogP contribution in [-0.4, -0.2) is 42.1 Å². The van der Waals surface area contributed by atoms with E-state index in [1.807, 2.05) is 0 Å². The predicted molar refractivity (Wildman–Crippen MR) is 117 cm³/mol. The Hall–Kier alpha value is -3.45. The average molecular weight is 496 g/mol. The highest BCUT2D eigenvalue weighted by Crippen LogP contribution is 2.23. The number of nitro benzene ring substituents is 1. The molecule has 174 valence electrons. The number of thiazole rings is 1. The van der Waals surface area contributed by atoms with Gasteiger partial charge in [0, 0.05) is 18.6 Å². The zero-order valence-electron chi connectivity index (χ0n) is 17.3. The molecule has 0 spiro atoms. The Morgan fingerprint density at radius 3 is 2.55 bits per heavy atom. The van der Waals surface area contributed by atoms with Gasteiger partial charge in [0.2, 0.25) is 5.91 Å². The molecule has 0 aliphatic heterocycles. The molecule has 2 aromatic carbocycles. The fraction of sp³-hybridized carbons (Fsp3) is 0.250. The molecular formula is C20H18FN3O7S2. The van der Waals surface area contributed by atoms with Gasteiger partial charge in [0.15, 0.2) is 14.6 Å². The summed E-state index contributed by atoms with van der Waals surface area (Å²) in [5, 5.41) is 11.1. The van der Waals surface area contributed by atoms with Gasteiger partial charge in [-0.05, 0) is 37.3 Å². The highest BCUT2D eigenvalue weighted by atomic mass is 32.2. The van der Waals surface area contributed by atoms with Crippen LogP contribution >= 0.6 is 11.3 Å². The summed E-state index contributed by atoms with van der Waals surface area (Å²) in [5.74, 6) is -2.53. The monoisotopic (exact) mass is 495 g/mol. The second kappa shape index (κ2) is 10.0. The van der Waals surface area contributed by atoms with Crippen molar-refractivity contribution in [1.82, 2.24) is 4.57 Å².